The topological polar surface area (TPSA) is 137 Å². The molecule has 0 saturated heterocycles. The lowest BCUT2D eigenvalue weighted by Crippen LogP contribution is -2.19. The third kappa shape index (κ3) is 4.48. The van der Waals surface area contributed by atoms with E-state index in [0.717, 1.165) is 0 Å². The molecule has 11 heteroatoms. The van der Waals surface area contributed by atoms with E-state index in [1.807, 2.05) is 0 Å². The van der Waals surface area contributed by atoms with Crippen LogP contribution in [-0.4, -0.2) is 39.2 Å². The molecule has 4 N–H and O–H groups in total. The Morgan fingerprint density at radius 1 is 1.36 bits per heavy atom. The molecule has 2 heterocycles. The van der Waals surface area contributed by atoms with Crippen molar-refractivity contribution in [3.63, 3.8) is 0 Å². The Balaban J connectivity index is 1.85. The fourth-order valence-corrected chi connectivity index (χ4v) is 2.70. The number of rotatable bonds is 6. The highest BCUT2D eigenvalue weighted by molar-refractivity contribution is 6.33. The fraction of sp³-hybridized carbons (Fsp3) is 0.176. The molecule has 2 aromatic heterocycles. The predicted molar refractivity (Wildman–Crippen MR) is 103 cm³/mol. The average molecular weight is 405 g/mol. The highest BCUT2D eigenvalue weighted by Gasteiger charge is 2.17. The van der Waals surface area contributed by atoms with E-state index in [1.54, 1.807) is 29.9 Å². The van der Waals surface area contributed by atoms with Crippen LogP contribution in [-0.2, 0) is 7.05 Å². The number of nitrogens with zero attached hydrogens (tertiary/aromatic N) is 3. The van der Waals surface area contributed by atoms with Gasteiger partial charge in [0, 0.05) is 37.0 Å². The Bertz CT molecular complexity index is 1010. The van der Waals surface area contributed by atoms with Crippen LogP contribution in [0.2, 0.25) is 5.02 Å². The molecule has 0 aliphatic carbocycles. The van der Waals surface area contributed by atoms with Crippen molar-refractivity contribution in [2.45, 2.75) is 0 Å². The number of nitrogens with one attached hydrogen (secondary N) is 2. The maximum atomic E-state index is 12.1. The second-order valence-electron chi connectivity index (χ2n) is 5.59. The summed E-state index contributed by atoms with van der Waals surface area (Å²) >= 11 is 6.25. The van der Waals surface area contributed by atoms with Crippen LogP contribution in [0.1, 0.15) is 0 Å². The Hall–Kier alpha value is -3.37. The van der Waals surface area contributed by atoms with E-state index in [-0.39, 0.29) is 5.88 Å². The number of carbonyl (C=O) groups excluding carboxylic acids is 1. The SMILES string of the molecule is Cn1ncc(Cl)c1-c1cc(NC(=O)Oc2ccc(=O)[nH]n2)ccc1OCCN. The summed E-state index contributed by atoms with van der Waals surface area (Å²) in [6.07, 6.45) is 0.733. The number of anilines is 1. The van der Waals surface area contributed by atoms with Crippen molar-refractivity contribution >= 4 is 23.4 Å². The molecule has 0 fully saturated rings. The molecule has 0 aliphatic rings. The lowest BCUT2D eigenvalue weighted by molar-refractivity contribution is 0.213. The second kappa shape index (κ2) is 8.55. The highest BCUT2D eigenvalue weighted by Crippen LogP contribution is 2.36. The fourth-order valence-electron chi connectivity index (χ4n) is 2.43. The van der Waals surface area contributed by atoms with Crippen LogP contribution in [0, 0.1) is 0 Å². The van der Waals surface area contributed by atoms with E-state index in [2.05, 4.69) is 20.6 Å². The summed E-state index contributed by atoms with van der Waals surface area (Å²) in [5.74, 6) is 0.493. The van der Waals surface area contributed by atoms with Gasteiger partial charge in [-0.1, -0.05) is 11.6 Å². The Labute approximate surface area is 164 Å². The van der Waals surface area contributed by atoms with Gasteiger partial charge in [0.2, 0.25) is 5.88 Å². The van der Waals surface area contributed by atoms with Crippen LogP contribution in [0.3, 0.4) is 0 Å². The maximum Gasteiger partial charge on any atom is 0.418 e. The predicted octanol–water partition coefficient (Wildman–Crippen LogP) is 1.77. The number of hydrogen-bond acceptors (Lipinski definition) is 7. The average Bonchev–Trinajstić information content (AvgIpc) is 3.00. The lowest BCUT2D eigenvalue weighted by atomic mass is 10.1. The van der Waals surface area contributed by atoms with Crippen molar-refractivity contribution in [3.8, 4) is 22.9 Å². The molecule has 0 radical (unpaired) electrons. The Morgan fingerprint density at radius 2 is 2.18 bits per heavy atom. The number of halogens is 1. The molecule has 1 aromatic carbocycles. The third-order valence-electron chi connectivity index (χ3n) is 3.60. The molecular formula is C17H17ClN6O4. The second-order valence-corrected chi connectivity index (χ2v) is 5.99. The Morgan fingerprint density at radius 3 is 2.82 bits per heavy atom. The number of ether oxygens (including phenoxy) is 2. The van der Waals surface area contributed by atoms with Crippen LogP contribution in [0.25, 0.3) is 11.3 Å². The number of benzene rings is 1. The summed E-state index contributed by atoms with van der Waals surface area (Å²) in [7, 11) is 1.74. The lowest BCUT2D eigenvalue weighted by Gasteiger charge is -2.14. The summed E-state index contributed by atoms with van der Waals surface area (Å²) in [5.41, 5.74) is 6.78. The zero-order chi connectivity index (χ0) is 20.1. The van der Waals surface area contributed by atoms with E-state index < -0.39 is 11.7 Å². The summed E-state index contributed by atoms with van der Waals surface area (Å²) in [6, 6.07) is 7.48. The molecule has 0 aliphatic heterocycles. The smallest absolute Gasteiger partial charge is 0.418 e. The van der Waals surface area contributed by atoms with Gasteiger partial charge in [0.25, 0.3) is 5.56 Å². The molecule has 28 heavy (non-hydrogen) atoms. The van der Waals surface area contributed by atoms with Crippen LogP contribution in [0.5, 0.6) is 11.6 Å². The first-order chi connectivity index (χ1) is 13.5. The van der Waals surface area contributed by atoms with Crippen LogP contribution in [0.15, 0.2) is 41.3 Å². The number of carbonyl (C=O) groups is 1. The van der Waals surface area contributed by atoms with Gasteiger partial charge in [0.1, 0.15) is 12.4 Å². The number of aromatic amines is 1. The van der Waals surface area contributed by atoms with Gasteiger partial charge < -0.3 is 15.2 Å². The normalized spacial score (nSPS) is 10.5. The summed E-state index contributed by atoms with van der Waals surface area (Å²) < 4.78 is 12.3. The standard InChI is InChI=1S/C17H17ClN6O4/c1-24-16(12(18)9-20-24)11-8-10(2-3-13(11)27-7-6-19)21-17(26)28-15-5-4-14(25)22-23-15/h2-5,8-9H,6-7,19H2,1H3,(H,21,26)(H,22,25). The largest absolute Gasteiger partial charge is 0.492 e. The molecule has 1 amide bonds. The van der Waals surface area contributed by atoms with Crippen molar-refractivity contribution in [2.75, 3.05) is 18.5 Å². The van der Waals surface area contributed by atoms with Crippen LogP contribution in [0.4, 0.5) is 10.5 Å². The molecular weight excluding hydrogens is 388 g/mol. The number of nitrogens with two attached hydrogens (primary N) is 1. The third-order valence-corrected chi connectivity index (χ3v) is 3.88. The minimum Gasteiger partial charge on any atom is -0.492 e. The van der Waals surface area contributed by atoms with Crippen LogP contribution >= 0.6 is 11.6 Å². The van der Waals surface area contributed by atoms with Gasteiger partial charge in [-0.25, -0.2) is 9.89 Å². The first kappa shape index (κ1) is 19.4. The first-order valence-corrected chi connectivity index (χ1v) is 8.55. The van der Waals surface area contributed by atoms with E-state index in [0.29, 0.717) is 40.9 Å². The van der Waals surface area contributed by atoms with E-state index in [1.165, 1.54) is 18.3 Å². The van der Waals surface area contributed by atoms with Crippen molar-refractivity contribution < 1.29 is 14.3 Å². The summed E-state index contributed by atoms with van der Waals surface area (Å²) in [4.78, 5) is 23.1. The summed E-state index contributed by atoms with van der Waals surface area (Å²) in [5, 5.41) is 12.9. The summed E-state index contributed by atoms with van der Waals surface area (Å²) in [6.45, 7) is 0.659. The van der Waals surface area contributed by atoms with Gasteiger partial charge in [0.15, 0.2) is 0 Å². The van der Waals surface area contributed by atoms with Crippen molar-refractivity contribution in [2.24, 2.45) is 12.8 Å². The minimum atomic E-state index is -0.780. The van der Waals surface area contributed by atoms with Crippen LogP contribution < -0.4 is 26.1 Å². The van der Waals surface area contributed by atoms with Gasteiger partial charge in [0.05, 0.1) is 16.9 Å². The van der Waals surface area contributed by atoms with Gasteiger partial charge >= 0.3 is 6.09 Å². The number of aromatic nitrogens is 4. The van der Waals surface area contributed by atoms with E-state index in [4.69, 9.17) is 26.8 Å². The van der Waals surface area contributed by atoms with Gasteiger partial charge in [-0.3, -0.25) is 14.8 Å². The molecule has 0 unspecified atom stereocenters. The highest BCUT2D eigenvalue weighted by atomic mass is 35.5. The molecule has 0 spiro atoms. The minimum absolute atomic E-state index is 0.0464. The van der Waals surface area contributed by atoms with Crippen molar-refractivity contribution in [1.82, 2.24) is 20.0 Å². The molecule has 0 bridgehead atoms. The zero-order valence-corrected chi connectivity index (χ0v) is 15.6. The first-order valence-electron chi connectivity index (χ1n) is 8.17. The van der Waals surface area contributed by atoms with E-state index >= 15 is 0 Å². The molecule has 3 rings (SSSR count). The zero-order valence-electron chi connectivity index (χ0n) is 14.8. The number of aryl methyl sites for hydroxylation is 1. The number of amides is 1. The number of hydrogen-bond donors (Lipinski definition) is 3. The molecule has 10 nitrogen and oxygen atoms in total. The van der Waals surface area contributed by atoms with Crippen molar-refractivity contribution in [3.05, 3.63) is 51.9 Å². The van der Waals surface area contributed by atoms with Gasteiger partial charge in [-0.15, -0.1) is 5.10 Å². The molecule has 0 atom stereocenters. The maximum absolute atomic E-state index is 12.1. The van der Waals surface area contributed by atoms with Gasteiger partial charge in [-0.2, -0.15) is 5.10 Å². The van der Waals surface area contributed by atoms with E-state index in [9.17, 15) is 9.59 Å². The van der Waals surface area contributed by atoms with Gasteiger partial charge in [-0.05, 0) is 18.2 Å². The quantitative estimate of drug-likeness (QED) is 0.569. The molecule has 146 valence electrons. The monoisotopic (exact) mass is 404 g/mol. The van der Waals surface area contributed by atoms with Crippen molar-refractivity contribution in [1.29, 1.82) is 0 Å². The molecule has 3 aromatic rings. The molecule has 0 saturated carbocycles. The Kier molecular flexibility index (Phi) is 5.92. The number of H-pyrrole nitrogens is 1.